The summed E-state index contributed by atoms with van der Waals surface area (Å²) in [6, 6.07) is 5.42. The van der Waals surface area contributed by atoms with E-state index in [0.717, 1.165) is 11.1 Å². The van der Waals surface area contributed by atoms with Gasteiger partial charge in [0.15, 0.2) is 0 Å². The van der Waals surface area contributed by atoms with Crippen LogP contribution in [0.5, 0.6) is 5.75 Å². The van der Waals surface area contributed by atoms with Gasteiger partial charge in [0, 0.05) is 0 Å². The third kappa shape index (κ3) is 3.23. The van der Waals surface area contributed by atoms with Crippen molar-refractivity contribution in [2.45, 2.75) is 20.0 Å². The van der Waals surface area contributed by atoms with Crippen molar-refractivity contribution in [3.05, 3.63) is 29.3 Å². The van der Waals surface area contributed by atoms with Gasteiger partial charge in [-0.05, 0) is 25.5 Å². The molecule has 0 atom stereocenters. The summed E-state index contributed by atoms with van der Waals surface area (Å²) in [5, 5.41) is 0. The van der Waals surface area contributed by atoms with Gasteiger partial charge in [0.1, 0.15) is 5.75 Å². The summed E-state index contributed by atoms with van der Waals surface area (Å²) in [5.74, 6) is -1.13. The average molecular weight is 252 g/mol. The van der Waals surface area contributed by atoms with Crippen LogP contribution in [0.3, 0.4) is 0 Å². The second kappa shape index (κ2) is 6.05. The molecule has 0 saturated carbocycles. The summed E-state index contributed by atoms with van der Waals surface area (Å²) >= 11 is 0. The molecular weight excluding hydrogens is 236 g/mol. The molecule has 0 aliphatic carbocycles. The number of carbonyl (C=O) groups excluding carboxylic acids is 2. The molecule has 0 spiro atoms. The molecule has 1 rings (SSSR count). The van der Waals surface area contributed by atoms with Gasteiger partial charge in [-0.15, -0.1) is 0 Å². The van der Waals surface area contributed by atoms with Crippen LogP contribution in [0.25, 0.3) is 0 Å². The molecule has 0 fully saturated rings. The molecular formula is C13H16O5. The molecule has 1 aromatic rings. The van der Waals surface area contributed by atoms with Crippen molar-refractivity contribution < 1.29 is 23.8 Å². The Bertz CT molecular complexity index is 437. The highest BCUT2D eigenvalue weighted by molar-refractivity contribution is 5.98. The second-order valence-corrected chi connectivity index (χ2v) is 3.81. The number of esters is 2. The predicted octanol–water partition coefficient (Wildman–Crippen LogP) is 1.40. The Kier molecular flexibility index (Phi) is 4.71. The summed E-state index contributed by atoms with van der Waals surface area (Å²) in [7, 11) is 2.37. The number of rotatable bonds is 4. The van der Waals surface area contributed by atoms with Crippen LogP contribution >= 0.6 is 0 Å². The van der Waals surface area contributed by atoms with E-state index in [2.05, 4.69) is 9.47 Å². The fourth-order valence-corrected chi connectivity index (χ4v) is 1.47. The number of hydrogen-bond donors (Lipinski definition) is 0. The van der Waals surface area contributed by atoms with Crippen molar-refractivity contribution in [2.75, 3.05) is 14.2 Å². The van der Waals surface area contributed by atoms with Gasteiger partial charge >= 0.3 is 11.9 Å². The summed E-state index contributed by atoms with van der Waals surface area (Å²) in [4.78, 5) is 22.9. The fraction of sp³-hybridized carbons (Fsp3) is 0.385. The van der Waals surface area contributed by atoms with E-state index in [4.69, 9.17) is 4.74 Å². The zero-order chi connectivity index (χ0) is 13.7. The van der Waals surface area contributed by atoms with Crippen LogP contribution in [0, 0.1) is 13.8 Å². The number of carbonyl (C=O) groups is 2. The normalized spacial score (nSPS) is 10.1. The van der Waals surface area contributed by atoms with Crippen molar-refractivity contribution in [3.8, 4) is 5.75 Å². The number of benzene rings is 1. The monoisotopic (exact) mass is 252 g/mol. The number of ether oxygens (including phenoxy) is 3. The summed E-state index contributed by atoms with van der Waals surface area (Å²) in [5.41, 5.74) is 1.89. The smallest absolute Gasteiger partial charge is 0.359 e. The van der Waals surface area contributed by atoms with Crippen molar-refractivity contribution in [1.82, 2.24) is 0 Å². The molecule has 0 radical (unpaired) electrons. The van der Waals surface area contributed by atoms with Gasteiger partial charge in [-0.1, -0.05) is 17.7 Å². The quantitative estimate of drug-likeness (QED) is 0.598. The van der Waals surface area contributed by atoms with Crippen LogP contribution in [0.4, 0.5) is 0 Å². The van der Waals surface area contributed by atoms with Crippen LogP contribution in [-0.4, -0.2) is 32.3 Å². The van der Waals surface area contributed by atoms with Crippen LogP contribution in [0.2, 0.25) is 0 Å². The molecule has 0 aliphatic rings. The van der Waals surface area contributed by atoms with E-state index in [0.29, 0.717) is 5.75 Å². The molecule has 0 aromatic heterocycles. The minimum atomic E-state index is -1.40. The molecule has 0 saturated heterocycles. The molecule has 0 amide bonds. The van der Waals surface area contributed by atoms with Crippen LogP contribution < -0.4 is 4.74 Å². The van der Waals surface area contributed by atoms with E-state index in [1.807, 2.05) is 26.0 Å². The maximum Gasteiger partial charge on any atom is 0.359 e. The largest absolute Gasteiger partial charge is 0.467 e. The first-order valence-corrected chi connectivity index (χ1v) is 5.39. The Labute approximate surface area is 106 Å². The number of aryl methyl sites for hydroxylation is 2. The zero-order valence-corrected chi connectivity index (χ0v) is 10.9. The summed E-state index contributed by atoms with van der Waals surface area (Å²) in [6.45, 7) is 3.77. The zero-order valence-electron chi connectivity index (χ0n) is 10.9. The van der Waals surface area contributed by atoms with E-state index >= 15 is 0 Å². The number of hydrogen-bond acceptors (Lipinski definition) is 5. The van der Waals surface area contributed by atoms with Crippen molar-refractivity contribution in [3.63, 3.8) is 0 Å². The van der Waals surface area contributed by atoms with Gasteiger partial charge in [0.25, 0.3) is 6.10 Å². The Hall–Kier alpha value is -2.04. The van der Waals surface area contributed by atoms with E-state index in [9.17, 15) is 9.59 Å². The molecule has 1 aromatic carbocycles. The molecule has 0 aliphatic heterocycles. The second-order valence-electron chi connectivity index (χ2n) is 3.81. The maximum absolute atomic E-state index is 11.4. The first-order chi connectivity index (χ1) is 8.49. The van der Waals surface area contributed by atoms with E-state index < -0.39 is 18.0 Å². The van der Waals surface area contributed by atoms with Gasteiger partial charge in [-0.2, -0.15) is 0 Å². The van der Waals surface area contributed by atoms with Crippen LogP contribution in [0.15, 0.2) is 18.2 Å². The Balaban J connectivity index is 2.96. The number of methoxy groups -OCH3 is 2. The maximum atomic E-state index is 11.4. The van der Waals surface area contributed by atoms with Gasteiger partial charge in [0.05, 0.1) is 14.2 Å². The Morgan fingerprint density at radius 3 is 2.06 bits per heavy atom. The SMILES string of the molecule is COC(=O)C(Oc1ccc(C)cc1C)C(=O)OC. The lowest BCUT2D eigenvalue weighted by atomic mass is 10.1. The molecule has 0 heterocycles. The van der Waals surface area contributed by atoms with Crippen LogP contribution in [-0.2, 0) is 19.1 Å². The third-order valence-corrected chi connectivity index (χ3v) is 2.41. The van der Waals surface area contributed by atoms with Crippen molar-refractivity contribution in [2.24, 2.45) is 0 Å². The lowest BCUT2D eigenvalue weighted by Gasteiger charge is -2.16. The molecule has 0 N–H and O–H groups in total. The summed E-state index contributed by atoms with van der Waals surface area (Å²) < 4.78 is 14.4. The lowest BCUT2D eigenvalue weighted by Crippen LogP contribution is -2.37. The first-order valence-electron chi connectivity index (χ1n) is 5.39. The molecule has 5 nitrogen and oxygen atoms in total. The molecule has 5 heteroatoms. The molecule has 0 unspecified atom stereocenters. The van der Waals surface area contributed by atoms with Gasteiger partial charge in [-0.3, -0.25) is 0 Å². The topological polar surface area (TPSA) is 61.8 Å². The van der Waals surface area contributed by atoms with E-state index in [1.54, 1.807) is 6.07 Å². The lowest BCUT2D eigenvalue weighted by molar-refractivity contribution is -0.163. The fourth-order valence-electron chi connectivity index (χ4n) is 1.47. The third-order valence-electron chi connectivity index (χ3n) is 2.41. The summed E-state index contributed by atoms with van der Waals surface area (Å²) in [6.07, 6.45) is -1.40. The molecule has 0 bridgehead atoms. The average Bonchev–Trinajstić information content (AvgIpc) is 2.36. The standard InChI is InChI=1S/C13H16O5/c1-8-5-6-10(9(2)7-8)18-11(12(14)16-3)13(15)17-4/h5-7,11H,1-4H3. The van der Waals surface area contributed by atoms with Crippen LogP contribution in [0.1, 0.15) is 11.1 Å². The first kappa shape index (κ1) is 14.0. The Morgan fingerprint density at radius 1 is 1.06 bits per heavy atom. The predicted molar refractivity (Wildman–Crippen MR) is 64.4 cm³/mol. The molecule has 98 valence electrons. The minimum absolute atomic E-state index is 0.446. The highest BCUT2D eigenvalue weighted by Crippen LogP contribution is 2.20. The van der Waals surface area contributed by atoms with E-state index in [1.165, 1.54) is 14.2 Å². The molecule has 18 heavy (non-hydrogen) atoms. The highest BCUT2D eigenvalue weighted by atomic mass is 16.6. The van der Waals surface area contributed by atoms with Gasteiger partial charge in [-0.25, -0.2) is 9.59 Å². The van der Waals surface area contributed by atoms with Crippen molar-refractivity contribution in [1.29, 1.82) is 0 Å². The highest BCUT2D eigenvalue weighted by Gasteiger charge is 2.31. The Morgan fingerprint density at radius 2 is 1.61 bits per heavy atom. The van der Waals surface area contributed by atoms with Gasteiger partial charge in [0.2, 0.25) is 0 Å². The van der Waals surface area contributed by atoms with Crippen molar-refractivity contribution >= 4 is 11.9 Å². The van der Waals surface area contributed by atoms with Gasteiger partial charge < -0.3 is 14.2 Å². The van der Waals surface area contributed by atoms with E-state index in [-0.39, 0.29) is 0 Å². The minimum Gasteiger partial charge on any atom is -0.467 e.